The van der Waals surface area contributed by atoms with Crippen molar-refractivity contribution in [1.29, 1.82) is 0 Å². The summed E-state index contributed by atoms with van der Waals surface area (Å²) in [7, 11) is 0. The molecule has 2 fully saturated rings. The molecule has 2 atom stereocenters. The molecule has 0 unspecified atom stereocenters. The second kappa shape index (κ2) is 5.89. The van der Waals surface area contributed by atoms with Gasteiger partial charge in [0.05, 0.1) is 0 Å². The third kappa shape index (κ3) is 2.73. The Hall–Kier alpha value is -2.60. The van der Waals surface area contributed by atoms with E-state index in [0.717, 1.165) is 23.4 Å². The molecule has 3 nitrogen and oxygen atoms in total. The predicted molar refractivity (Wildman–Crippen MR) is 89.9 cm³/mol. The number of hydrogen-bond donors (Lipinski definition) is 0. The van der Waals surface area contributed by atoms with Gasteiger partial charge in [0.15, 0.2) is 0 Å². The van der Waals surface area contributed by atoms with Gasteiger partial charge in [0.2, 0.25) is 5.91 Å². The largest absolute Gasteiger partial charge is 0.293 e. The molecule has 0 radical (unpaired) electrons. The fourth-order valence-electron chi connectivity index (χ4n) is 3.67. The van der Waals surface area contributed by atoms with Crippen molar-refractivity contribution in [1.82, 2.24) is 4.98 Å². The number of benzene rings is 1. The molecule has 0 bridgehead atoms. The molecule has 3 heteroatoms. The van der Waals surface area contributed by atoms with Crippen LogP contribution in [-0.2, 0) is 4.79 Å². The molecule has 114 valence electrons. The summed E-state index contributed by atoms with van der Waals surface area (Å²) in [5, 5.41) is 0. The van der Waals surface area contributed by atoms with E-state index in [1.807, 2.05) is 47.4 Å². The standard InChI is InChI=1S/C20H18N2O/c23-20-13-17-7-4-8-18(17)22(20)19-12-11-16(14-21-19)10-9-15-5-2-1-3-6-15/h1-3,5-6,11-12,14,17-18H,4,7-8,13H2/t17-,18-/m1/s1. The second-order valence-corrected chi connectivity index (χ2v) is 6.25. The van der Waals surface area contributed by atoms with Crippen LogP contribution in [0.3, 0.4) is 0 Å². The first-order valence-corrected chi connectivity index (χ1v) is 8.16. The molecule has 1 saturated carbocycles. The van der Waals surface area contributed by atoms with E-state index in [-0.39, 0.29) is 5.91 Å². The smallest absolute Gasteiger partial charge is 0.228 e. The normalized spacial score (nSPS) is 22.6. The summed E-state index contributed by atoms with van der Waals surface area (Å²) in [4.78, 5) is 18.6. The first kappa shape index (κ1) is 14.0. The Morgan fingerprint density at radius 3 is 2.61 bits per heavy atom. The number of rotatable bonds is 1. The summed E-state index contributed by atoms with van der Waals surface area (Å²) in [6, 6.07) is 14.1. The van der Waals surface area contributed by atoms with Gasteiger partial charge in [0.25, 0.3) is 0 Å². The molecule has 2 aliphatic rings. The lowest BCUT2D eigenvalue weighted by Gasteiger charge is -2.22. The molecule has 0 spiro atoms. The average molecular weight is 302 g/mol. The van der Waals surface area contributed by atoms with Crippen molar-refractivity contribution in [2.24, 2.45) is 5.92 Å². The summed E-state index contributed by atoms with van der Waals surface area (Å²) in [5.41, 5.74) is 1.85. The van der Waals surface area contributed by atoms with Crippen LogP contribution in [-0.4, -0.2) is 16.9 Å². The van der Waals surface area contributed by atoms with Crippen LogP contribution in [0.25, 0.3) is 0 Å². The predicted octanol–water partition coefficient (Wildman–Crippen LogP) is 3.39. The number of carbonyl (C=O) groups is 1. The lowest BCUT2D eigenvalue weighted by atomic mass is 10.0. The summed E-state index contributed by atoms with van der Waals surface area (Å²) in [5.74, 6) is 7.77. The molecular formula is C20H18N2O. The van der Waals surface area contributed by atoms with Crippen molar-refractivity contribution in [3.63, 3.8) is 0 Å². The Kier molecular flexibility index (Phi) is 3.59. The molecule has 2 heterocycles. The number of aromatic nitrogens is 1. The van der Waals surface area contributed by atoms with Crippen LogP contribution in [0.1, 0.15) is 36.8 Å². The highest BCUT2D eigenvalue weighted by Gasteiger charge is 2.43. The number of anilines is 1. The average Bonchev–Trinajstić information content (AvgIpc) is 3.14. The number of amides is 1. The van der Waals surface area contributed by atoms with Gasteiger partial charge in [-0.2, -0.15) is 0 Å². The van der Waals surface area contributed by atoms with Gasteiger partial charge in [-0.25, -0.2) is 4.98 Å². The fraction of sp³-hybridized carbons (Fsp3) is 0.300. The van der Waals surface area contributed by atoms with E-state index < -0.39 is 0 Å². The van der Waals surface area contributed by atoms with Crippen molar-refractivity contribution in [2.75, 3.05) is 4.90 Å². The van der Waals surface area contributed by atoms with Crippen LogP contribution in [0.4, 0.5) is 5.82 Å². The maximum atomic E-state index is 12.2. The highest BCUT2D eigenvalue weighted by atomic mass is 16.2. The molecule has 2 aromatic rings. The zero-order valence-corrected chi connectivity index (χ0v) is 12.9. The quantitative estimate of drug-likeness (QED) is 0.757. The minimum atomic E-state index is 0.218. The van der Waals surface area contributed by atoms with Crippen LogP contribution in [0.5, 0.6) is 0 Å². The Labute approximate surface area is 136 Å². The lowest BCUT2D eigenvalue weighted by molar-refractivity contribution is -0.117. The van der Waals surface area contributed by atoms with E-state index >= 15 is 0 Å². The Bertz CT molecular complexity index is 771. The van der Waals surface area contributed by atoms with E-state index in [0.29, 0.717) is 18.4 Å². The highest BCUT2D eigenvalue weighted by molar-refractivity contribution is 5.95. The Morgan fingerprint density at radius 1 is 1.00 bits per heavy atom. The maximum Gasteiger partial charge on any atom is 0.228 e. The third-order valence-electron chi connectivity index (χ3n) is 4.78. The molecule has 4 rings (SSSR count). The van der Waals surface area contributed by atoms with E-state index in [9.17, 15) is 4.79 Å². The zero-order chi connectivity index (χ0) is 15.6. The molecule has 1 saturated heterocycles. The van der Waals surface area contributed by atoms with E-state index in [2.05, 4.69) is 16.8 Å². The van der Waals surface area contributed by atoms with Crippen LogP contribution < -0.4 is 4.90 Å². The third-order valence-corrected chi connectivity index (χ3v) is 4.78. The fourth-order valence-corrected chi connectivity index (χ4v) is 3.67. The molecule has 1 aliphatic heterocycles. The van der Waals surface area contributed by atoms with E-state index in [1.54, 1.807) is 6.20 Å². The monoisotopic (exact) mass is 302 g/mol. The van der Waals surface area contributed by atoms with Crippen molar-refractivity contribution in [3.05, 3.63) is 59.8 Å². The summed E-state index contributed by atoms with van der Waals surface area (Å²) >= 11 is 0. The topological polar surface area (TPSA) is 33.2 Å². The van der Waals surface area contributed by atoms with Gasteiger partial charge in [-0.05, 0) is 43.0 Å². The van der Waals surface area contributed by atoms with Crippen molar-refractivity contribution < 1.29 is 4.79 Å². The highest BCUT2D eigenvalue weighted by Crippen LogP contribution is 2.40. The van der Waals surface area contributed by atoms with Gasteiger partial charge in [-0.1, -0.05) is 36.5 Å². The van der Waals surface area contributed by atoms with Crippen molar-refractivity contribution in [2.45, 2.75) is 31.7 Å². The SMILES string of the molecule is O=C1C[C@H]2CCC[C@H]2N1c1ccc(C#Cc2ccccc2)cn1. The zero-order valence-electron chi connectivity index (χ0n) is 12.9. The van der Waals surface area contributed by atoms with Crippen LogP contribution in [0.2, 0.25) is 0 Å². The summed E-state index contributed by atoms with van der Waals surface area (Å²) in [6.45, 7) is 0. The molecular weight excluding hydrogens is 284 g/mol. The van der Waals surface area contributed by atoms with Gasteiger partial charge >= 0.3 is 0 Å². The lowest BCUT2D eigenvalue weighted by Crippen LogP contribution is -2.33. The van der Waals surface area contributed by atoms with Crippen molar-refractivity contribution >= 4 is 11.7 Å². The first-order valence-electron chi connectivity index (χ1n) is 8.16. The molecule has 23 heavy (non-hydrogen) atoms. The van der Waals surface area contributed by atoms with Crippen molar-refractivity contribution in [3.8, 4) is 11.8 Å². The van der Waals surface area contributed by atoms with Gasteiger partial charge in [0, 0.05) is 29.8 Å². The molecule has 1 aromatic carbocycles. The number of pyridine rings is 1. The minimum Gasteiger partial charge on any atom is -0.293 e. The van der Waals surface area contributed by atoms with Crippen LogP contribution in [0, 0.1) is 17.8 Å². The number of hydrogen-bond acceptors (Lipinski definition) is 2. The van der Waals surface area contributed by atoms with Gasteiger partial charge in [0.1, 0.15) is 5.82 Å². The minimum absolute atomic E-state index is 0.218. The maximum absolute atomic E-state index is 12.2. The summed E-state index contributed by atoms with van der Waals surface area (Å²) < 4.78 is 0. The van der Waals surface area contributed by atoms with E-state index in [1.165, 1.54) is 12.8 Å². The van der Waals surface area contributed by atoms with E-state index in [4.69, 9.17) is 0 Å². The van der Waals surface area contributed by atoms with Crippen LogP contribution >= 0.6 is 0 Å². The van der Waals surface area contributed by atoms with Crippen LogP contribution in [0.15, 0.2) is 48.7 Å². The molecule has 1 aromatic heterocycles. The molecule has 1 amide bonds. The first-order chi connectivity index (χ1) is 11.3. The van der Waals surface area contributed by atoms with Gasteiger partial charge in [-0.15, -0.1) is 0 Å². The van der Waals surface area contributed by atoms with Gasteiger partial charge < -0.3 is 0 Å². The van der Waals surface area contributed by atoms with Gasteiger partial charge in [-0.3, -0.25) is 9.69 Å². The Morgan fingerprint density at radius 2 is 1.83 bits per heavy atom. The summed E-state index contributed by atoms with van der Waals surface area (Å²) in [6.07, 6.45) is 5.95. The molecule has 0 N–H and O–H groups in total. The number of nitrogens with zero attached hydrogens (tertiary/aromatic N) is 2. The second-order valence-electron chi connectivity index (χ2n) is 6.25. The Balaban J connectivity index is 1.55. The number of carbonyl (C=O) groups excluding carboxylic acids is 1. The molecule has 1 aliphatic carbocycles. The number of fused-ring (bicyclic) bond motifs is 1.